The van der Waals surface area contributed by atoms with Gasteiger partial charge < -0.3 is 4.90 Å². The average Bonchev–Trinajstić information content (AvgIpc) is 3.24. The summed E-state index contributed by atoms with van der Waals surface area (Å²) in [5, 5.41) is 7.09. The van der Waals surface area contributed by atoms with Gasteiger partial charge >= 0.3 is 0 Å². The van der Waals surface area contributed by atoms with Gasteiger partial charge in [-0.3, -0.25) is 10.00 Å². The van der Waals surface area contributed by atoms with Crippen LogP contribution in [0.1, 0.15) is 18.4 Å². The molecule has 1 fully saturated rings. The summed E-state index contributed by atoms with van der Waals surface area (Å²) < 4.78 is 0. The van der Waals surface area contributed by atoms with Crippen LogP contribution in [0.15, 0.2) is 60.9 Å². The lowest BCUT2D eigenvalue weighted by Gasteiger charge is -2.37. The van der Waals surface area contributed by atoms with E-state index >= 15 is 0 Å². The highest BCUT2D eigenvalue weighted by atomic mass is 15.2. The van der Waals surface area contributed by atoms with Crippen molar-refractivity contribution in [3.63, 3.8) is 0 Å². The molecule has 5 heteroatoms. The molecule has 5 nitrogen and oxygen atoms in total. The number of H-pyrrole nitrogens is 1. The van der Waals surface area contributed by atoms with E-state index in [2.05, 4.69) is 68.4 Å². The van der Waals surface area contributed by atoms with Gasteiger partial charge in [-0.1, -0.05) is 24.3 Å². The Labute approximate surface area is 154 Å². The molecule has 1 saturated heterocycles. The third-order valence-corrected chi connectivity index (χ3v) is 5.23. The van der Waals surface area contributed by atoms with Crippen molar-refractivity contribution in [2.45, 2.75) is 25.4 Å². The SMILES string of the molecule is CN(Cc1cccc(-c2ccn[nH]2)c1)C1CCN(c2ccccn2)CC1. The Morgan fingerprint density at radius 3 is 2.69 bits per heavy atom. The van der Waals surface area contributed by atoms with Crippen molar-refractivity contribution in [3.05, 3.63) is 66.5 Å². The van der Waals surface area contributed by atoms with Gasteiger partial charge in [0.05, 0.1) is 5.69 Å². The first-order valence-corrected chi connectivity index (χ1v) is 9.24. The fraction of sp³-hybridized carbons (Fsp3) is 0.333. The number of anilines is 1. The summed E-state index contributed by atoms with van der Waals surface area (Å²) in [6, 6.07) is 17.5. The number of pyridine rings is 1. The van der Waals surface area contributed by atoms with E-state index in [-0.39, 0.29) is 0 Å². The van der Waals surface area contributed by atoms with Crippen molar-refractivity contribution in [1.82, 2.24) is 20.1 Å². The smallest absolute Gasteiger partial charge is 0.128 e. The predicted octanol–water partition coefficient (Wildman–Crippen LogP) is 3.57. The highest BCUT2D eigenvalue weighted by Crippen LogP contribution is 2.23. The molecule has 1 aliphatic rings. The molecule has 26 heavy (non-hydrogen) atoms. The maximum absolute atomic E-state index is 4.48. The van der Waals surface area contributed by atoms with Crippen molar-refractivity contribution in [1.29, 1.82) is 0 Å². The summed E-state index contributed by atoms with van der Waals surface area (Å²) in [6.45, 7) is 3.11. The van der Waals surface area contributed by atoms with Crippen molar-refractivity contribution in [2.75, 3.05) is 25.0 Å². The summed E-state index contributed by atoms with van der Waals surface area (Å²) in [6.07, 6.45) is 6.02. The van der Waals surface area contributed by atoms with E-state index in [1.165, 1.54) is 24.0 Å². The molecule has 134 valence electrons. The Bertz CT molecular complexity index is 807. The second kappa shape index (κ2) is 7.70. The number of hydrogen-bond donors (Lipinski definition) is 1. The van der Waals surface area contributed by atoms with Gasteiger partial charge in [0.1, 0.15) is 5.82 Å². The van der Waals surface area contributed by atoms with Crippen LogP contribution in [0, 0.1) is 0 Å². The van der Waals surface area contributed by atoms with Gasteiger partial charge in [-0.05, 0) is 55.3 Å². The van der Waals surface area contributed by atoms with E-state index in [9.17, 15) is 0 Å². The lowest BCUT2D eigenvalue weighted by Crippen LogP contribution is -2.43. The van der Waals surface area contributed by atoms with Crippen molar-refractivity contribution in [2.24, 2.45) is 0 Å². The van der Waals surface area contributed by atoms with Crippen molar-refractivity contribution >= 4 is 5.82 Å². The van der Waals surface area contributed by atoms with Crippen LogP contribution in [0.2, 0.25) is 0 Å². The molecule has 0 saturated carbocycles. The number of aromatic amines is 1. The zero-order valence-electron chi connectivity index (χ0n) is 15.2. The Morgan fingerprint density at radius 1 is 1.08 bits per heavy atom. The molecule has 1 N–H and O–H groups in total. The van der Waals surface area contributed by atoms with Crippen molar-refractivity contribution in [3.8, 4) is 11.3 Å². The minimum atomic E-state index is 0.616. The van der Waals surface area contributed by atoms with Gasteiger partial charge in [-0.25, -0.2) is 4.98 Å². The fourth-order valence-electron chi connectivity index (χ4n) is 3.75. The van der Waals surface area contributed by atoms with Gasteiger partial charge in [-0.2, -0.15) is 5.10 Å². The van der Waals surface area contributed by atoms with Crippen LogP contribution < -0.4 is 4.90 Å². The molecule has 1 aromatic carbocycles. The van der Waals surface area contributed by atoms with E-state index in [1.807, 2.05) is 18.3 Å². The zero-order chi connectivity index (χ0) is 17.8. The van der Waals surface area contributed by atoms with Gasteiger partial charge in [0, 0.05) is 38.1 Å². The molecule has 0 atom stereocenters. The monoisotopic (exact) mass is 347 g/mol. The van der Waals surface area contributed by atoms with Crippen LogP contribution in [-0.2, 0) is 6.54 Å². The zero-order valence-corrected chi connectivity index (χ0v) is 15.2. The first kappa shape index (κ1) is 16.8. The van der Waals surface area contributed by atoms with E-state index < -0.39 is 0 Å². The molecular formula is C21H25N5. The van der Waals surface area contributed by atoms with Crippen LogP contribution in [0.3, 0.4) is 0 Å². The molecule has 3 aromatic rings. The first-order valence-electron chi connectivity index (χ1n) is 9.24. The van der Waals surface area contributed by atoms with Crippen LogP contribution in [-0.4, -0.2) is 46.3 Å². The molecule has 4 rings (SSSR count). The number of nitrogens with one attached hydrogen (secondary N) is 1. The fourth-order valence-corrected chi connectivity index (χ4v) is 3.75. The second-order valence-corrected chi connectivity index (χ2v) is 6.99. The highest BCUT2D eigenvalue weighted by Gasteiger charge is 2.23. The number of aromatic nitrogens is 3. The molecule has 0 spiro atoms. The summed E-state index contributed by atoms with van der Waals surface area (Å²) in [4.78, 5) is 9.36. The largest absolute Gasteiger partial charge is 0.357 e. The molecule has 2 aromatic heterocycles. The normalized spacial score (nSPS) is 15.5. The lowest BCUT2D eigenvalue weighted by atomic mass is 10.0. The Hall–Kier alpha value is -2.66. The summed E-state index contributed by atoms with van der Waals surface area (Å²) in [5.41, 5.74) is 3.60. The average molecular weight is 347 g/mol. The maximum atomic E-state index is 4.48. The Balaban J connectivity index is 1.36. The summed E-state index contributed by atoms with van der Waals surface area (Å²) >= 11 is 0. The number of piperidine rings is 1. The minimum Gasteiger partial charge on any atom is -0.357 e. The van der Waals surface area contributed by atoms with Gasteiger partial charge in [-0.15, -0.1) is 0 Å². The number of benzene rings is 1. The Kier molecular flexibility index (Phi) is 4.97. The highest BCUT2D eigenvalue weighted by molar-refractivity contribution is 5.59. The number of hydrogen-bond acceptors (Lipinski definition) is 4. The summed E-state index contributed by atoms with van der Waals surface area (Å²) in [5.74, 6) is 1.10. The summed E-state index contributed by atoms with van der Waals surface area (Å²) in [7, 11) is 2.24. The van der Waals surface area contributed by atoms with Gasteiger partial charge in [0.15, 0.2) is 0 Å². The first-order chi connectivity index (χ1) is 12.8. The minimum absolute atomic E-state index is 0.616. The molecule has 0 unspecified atom stereocenters. The maximum Gasteiger partial charge on any atom is 0.128 e. The third-order valence-electron chi connectivity index (χ3n) is 5.23. The molecule has 0 amide bonds. The van der Waals surface area contributed by atoms with Crippen LogP contribution in [0.4, 0.5) is 5.82 Å². The molecule has 0 radical (unpaired) electrons. The number of nitrogens with zero attached hydrogens (tertiary/aromatic N) is 4. The topological polar surface area (TPSA) is 48.1 Å². The molecule has 0 bridgehead atoms. The Morgan fingerprint density at radius 2 is 1.96 bits per heavy atom. The van der Waals surface area contributed by atoms with E-state index in [0.717, 1.165) is 31.1 Å². The van der Waals surface area contributed by atoms with E-state index in [0.29, 0.717) is 6.04 Å². The molecule has 0 aliphatic carbocycles. The van der Waals surface area contributed by atoms with Crippen LogP contribution >= 0.6 is 0 Å². The third kappa shape index (κ3) is 3.78. The van der Waals surface area contributed by atoms with Gasteiger partial charge in [0.25, 0.3) is 0 Å². The quantitative estimate of drug-likeness (QED) is 0.766. The van der Waals surface area contributed by atoms with Crippen LogP contribution in [0.5, 0.6) is 0 Å². The van der Waals surface area contributed by atoms with Crippen molar-refractivity contribution < 1.29 is 0 Å². The second-order valence-electron chi connectivity index (χ2n) is 6.99. The van der Waals surface area contributed by atoms with E-state index in [4.69, 9.17) is 0 Å². The molecular weight excluding hydrogens is 322 g/mol. The lowest BCUT2D eigenvalue weighted by molar-refractivity contribution is 0.200. The standard InChI is InChI=1S/C21H25N5/c1-25(16-17-5-4-6-18(15-17)20-8-12-23-24-20)19-9-13-26(14-10-19)21-7-2-3-11-22-21/h2-8,11-12,15,19H,9-10,13-14,16H2,1H3,(H,23,24). The van der Waals surface area contributed by atoms with E-state index in [1.54, 1.807) is 6.20 Å². The van der Waals surface area contributed by atoms with Crippen LogP contribution in [0.25, 0.3) is 11.3 Å². The number of rotatable bonds is 5. The molecule has 1 aliphatic heterocycles. The predicted molar refractivity (Wildman–Crippen MR) is 105 cm³/mol. The molecule has 3 heterocycles. The van der Waals surface area contributed by atoms with Gasteiger partial charge in [0.2, 0.25) is 0 Å².